The maximum atomic E-state index is 11.0. The van der Waals surface area contributed by atoms with Gasteiger partial charge in [-0.1, -0.05) is 26.7 Å². The lowest BCUT2D eigenvalue weighted by Gasteiger charge is -2.32. The summed E-state index contributed by atoms with van der Waals surface area (Å²) < 4.78 is 5.36. The van der Waals surface area contributed by atoms with Gasteiger partial charge in [-0.25, -0.2) is 0 Å². The van der Waals surface area contributed by atoms with E-state index in [0.717, 1.165) is 17.8 Å². The third kappa shape index (κ3) is 5.01. The lowest BCUT2D eigenvalue weighted by molar-refractivity contribution is 0.0972. The van der Waals surface area contributed by atoms with Crippen molar-refractivity contribution in [1.29, 1.82) is 0 Å². The van der Waals surface area contributed by atoms with Gasteiger partial charge in [0.15, 0.2) is 11.7 Å². The number of nitrogens with one attached hydrogen (secondary N) is 2. The molecule has 1 aliphatic rings. The summed E-state index contributed by atoms with van der Waals surface area (Å²) in [6, 6.07) is 3.79. The first-order valence-electron chi connectivity index (χ1n) is 8.35. The van der Waals surface area contributed by atoms with Crippen molar-refractivity contribution >= 4 is 11.9 Å². The summed E-state index contributed by atoms with van der Waals surface area (Å²) >= 11 is 0. The number of rotatable bonds is 5. The van der Waals surface area contributed by atoms with E-state index in [4.69, 9.17) is 10.2 Å². The van der Waals surface area contributed by atoms with E-state index in [1.807, 2.05) is 0 Å². The first-order valence-corrected chi connectivity index (χ1v) is 8.35. The van der Waals surface area contributed by atoms with Gasteiger partial charge >= 0.3 is 0 Å². The molecule has 1 amide bonds. The largest absolute Gasteiger partial charge is 0.454 e. The molecule has 0 aliphatic heterocycles. The van der Waals surface area contributed by atoms with Crippen LogP contribution in [0, 0.1) is 11.8 Å². The number of primary amides is 1. The summed E-state index contributed by atoms with van der Waals surface area (Å²) in [5.74, 6) is 2.55. The molecule has 128 valence electrons. The molecule has 4 N–H and O–H groups in total. The molecule has 0 aromatic carbocycles. The number of hydrogen-bond donors (Lipinski definition) is 3. The van der Waals surface area contributed by atoms with Crippen LogP contribution in [0.3, 0.4) is 0 Å². The number of hydrogen-bond acceptors (Lipinski definition) is 3. The maximum absolute atomic E-state index is 11.0. The van der Waals surface area contributed by atoms with Gasteiger partial charge in [-0.2, -0.15) is 0 Å². The highest BCUT2D eigenvalue weighted by molar-refractivity contribution is 5.89. The Labute approximate surface area is 137 Å². The van der Waals surface area contributed by atoms with Gasteiger partial charge in [0.05, 0.1) is 6.54 Å². The molecule has 2 atom stereocenters. The van der Waals surface area contributed by atoms with Gasteiger partial charge in [-0.05, 0) is 36.8 Å². The highest BCUT2D eigenvalue weighted by Gasteiger charge is 2.24. The molecule has 1 saturated carbocycles. The Kier molecular flexibility index (Phi) is 6.07. The van der Waals surface area contributed by atoms with E-state index in [1.165, 1.54) is 25.7 Å². The minimum atomic E-state index is -0.555. The maximum Gasteiger partial charge on any atom is 0.284 e. The Hall–Kier alpha value is -1.98. The number of guanidine groups is 1. The molecule has 6 heteroatoms. The van der Waals surface area contributed by atoms with Crippen LogP contribution in [0.1, 0.15) is 55.8 Å². The average Bonchev–Trinajstić information content (AvgIpc) is 3.01. The molecule has 0 radical (unpaired) electrons. The van der Waals surface area contributed by atoms with Crippen molar-refractivity contribution in [3.8, 4) is 0 Å². The second kappa shape index (κ2) is 8.04. The van der Waals surface area contributed by atoms with Crippen LogP contribution >= 0.6 is 0 Å². The molecular weight excluding hydrogens is 292 g/mol. The number of nitrogens with two attached hydrogens (primary N) is 1. The standard InChI is InChI=1S/C17H28N4O2/c1-11(2)12-5-4-6-13(9-12)21-17(19-3)20-10-14-7-8-15(23-14)16(18)22/h7-8,11-13H,4-6,9-10H2,1-3H3,(H2,18,22)(H2,19,20,21). The van der Waals surface area contributed by atoms with E-state index in [9.17, 15) is 4.79 Å². The van der Waals surface area contributed by atoms with Gasteiger partial charge in [-0.3, -0.25) is 9.79 Å². The van der Waals surface area contributed by atoms with Crippen LogP contribution in [0.2, 0.25) is 0 Å². The van der Waals surface area contributed by atoms with Crippen LogP contribution < -0.4 is 16.4 Å². The summed E-state index contributed by atoms with van der Waals surface area (Å²) in [6.45, 7) is 5.06. The van der Waals surface area contributed by atoms with Gasteiger partial charge in [0.25, 0.3) is 5.91 Å². The van der Waals surface area contributed by atoms with E-state index in [1.54, 1.807) is 19.2 Å². The van der Waals surface area contributed by atoms with Gasteiger partial charge in [0.2, 0.25) is 0 Å². The second-order valence-electron chi connectivity index (χ2n) is 6.57. The first-order chi connectivity index (χ1) is 11.0. The fourth-order valence-electron chi connectivity index (χ4n) is 3.13. The zero-order valence-electron chi connectivity index (χ0n) is 14.3. The van der Waals surface area contributed by atoms with Crippen molar-refractivity contribution in [2.75, 3.05) is 7.05 Å². The fraction of sp³-hybridized carbons (Fsp3) is 0.647. The molecule has 6 nitrogen and oxygen atoms in total. The minimum Gasteiger partial charge on any atom is -0.454 e. The highest BCUT2D eigenvalue weighted by Crippen LogP contribution is 2.29. The molecule has 23 heavy (non-hydrogen) atoms. The van der Waals surface area contributed by atoms with E-state index in [0.29, 0.717) is 18.3 Å². The summed E-state index contributed by atoms with van der Waals surface area (Å²) in [4.78, 5) is 15.3. The lowest BCUT2D eigenvalue weighted by atomic mass is 9.79. The molecule has 1 fully saturated rings. The molecule has 1 aromatic heterocycles. The van der Waals surface area contributed by atoms with Crippen LogP contribution in [0.4, 0.5) is 0 Å². The van der Waals surface area contributed by atoms with Crippen molar-refractivity contribution < 1.29 is 9.21 Å². The Bertz CT molecular complexity index is 551. The fourth-order valence-corrected chi connectivity index (χ4v) is 3.13. The van der Waals surface area contributed by atoms with Gasteiger partial charge < -0.3 is 20.8 Å². The van der Waals surface area contributed by atoms with E-state index < -0.39 is 5.91 Å². The zero-order valence-corrected chi connectivity index (χ0v) is 14.3. The molecule has 0 saturated heterocycles. The molecule has 2 unspecified atom stereocenters. The van der Waals surface area contributed by atoms with Crippen molar-refractivity contribution in [3.63, 3.8) is 0 Å². The van der Waals surface area contributed by atoms with Crippen molar-refractivity contribution in [2.24, 2.45) is 22.6 Å². The number of carbonyl (C=O) groups excluding carboxylic acids is 1. The third-order valence-electron chi connectivity index (χ3n) is 4.56. The Morgan fingerprint density at radius 2 is 2.22 bits per heavy atom. The number of nitrogens with zero attached hydrogens (tertiary/aromatic N) is 1. The molecule has 1 aliphatic carbocycles. The van der Waals surface area contributed by atoms with Crippen molar-refractivity contribution in [1.82, 2.24) is 10.6 Å². The predicted octanol–water partition coefficient (Wildman–Crippen LogP) is 2.26. The van der Waals surface area contributed by atoms with Crippen LogP contribution in [0.5, 0.6) is 0 Å². The Morgan fingerprint density at radius 1 is 1.43 bits per heavy atom. The predicted molar refractivity (Wildman–Crippen MR) is 91.1 cm³/mol. The third-order valence-corrected chi connectivity index (χ3v) is 4.56. The number of aliphatic imine (C=N–C) groups is 1. The molecule has 2 rings (SSSR count). The van der Waals surface area contributed by atoms with Crippen LogP contribution in [0.15, 0.2) is 21.5 Å². The molecule has 1 aromatic rings. The summed E-state index contributed by atoms with van der Waals surface area (Å²) in [5.41, 5.74) is 5.18. The van der Waals surface area contributed by atoms with E-state index in [-0.39, 0.29) is 5.76 Å². The van der Waals surface area contributed by atoms with Gasteiger partial charge in [-0.15, -0.1) is 0 Å². The smallest absolute Gasteiger partial charge is 0.284 e. The quantitative estimate of drug-likeness (QED) is 0.573. The van der Waals surface area contributed by atoms with Gasteiger partial charge in [0, 0.05) is 13.1 Å². The second-order valence-corrected chi connectivity index (χ2v) is 6.57. The first kappa shape index (κ1) is 17.4. The van der Waals surface area contributed by atoms with E-state index >= 15 is 0 Å². The number of furan rings is 1. The highest BCUT2D eigenvalue weighted by atomic mass is 16.3. The van der Waals surface area contributed by atoms with E-state index in [2.05, 4.69) is 29.5 Å². The molecule has 0 bridgehead atoms. The normalized spacial score (nSPS) is 22.2. The van der Waals surface area contributed by atoms with Crippen LogP contribution in [-0.4, -0.2) is 25.0 Å². The monoisotopic (exact) mass is 320 g/mol. The topological polar surface area (TPSA) is 92.6 Å². The molecule has 1 heterocycles. The average molecular weight is 320 g/mol. The summed E-state index contributed by atoms with van der Waals surface area (Å²) in [7, 11) is 1.76. The number of carbonyl (C=O) groups is 1. The van der Waals surface area contributed by atoms with Crippen molar-refractivity contribution in [2.45, 2.75) is 52.1 Å². The van der Waals surface area contributed by atoms with Gasteiger partial charge in [0.1, 0.15) is 5.76 Å². The number of amides is 1. The Balaban J connectivity index is 1.84. The van der Waals surface area contributed by atoms with Crippen LogP contribution in [0.25, 0.3) is 0 Å². The minimum absolute atomic E-state index is 0.178. The SMILES string of the molecule is CN=C(NCc1ccc(C(N)=O)o1)NC1CCCC(C(C)C)C1. The van der Waals surface area contributed by atoms with Crippen LogP contribution in [-0.2, 0) is 6.54 Å². The van der Waals surface area contributed by atoms with Crippen molar-refractivity contribution in [3.05, 3.63) is 23.7 Å². The molecule has 0 spiro atoms. The Morgan fingerprint density at radius 3 is 2.83 bits per heavy atom. The lowest BCUT2D eigenvalue weighted by Crippen LogP contribution is -2.45. The summed E-state index contributed by atoms with van der Waals surface area (Å²) in [6.07, 6.45) is 4.95. The molecular formula is C17H28N4O2. The summed E-state index contributed by atoms with van der Waals surface area (Å²) in [5, 5.41) is 6.72. The zero-order chi connectivity index (χ0) is 16.8.